The summed E-state index contributed by atoms with van der Waals surface area (Å²) in [6.45, 7) is 1.22. The van der Waals surface area contributed by atoms with Gasteiger partial charge in [0.05, 0.1) is 12.3 Å². The zero-order chi connectivity index (χ0) is 16.2. The molecule has 1 amide bonds. The molecule has 3 rings (SSSR count). The second-order valence-corrected chi connectivity index (χ2v) is 6.40. The maximum Gasteiger partial charge on any atom is 0.233 e. The molecule has 0 N–H and O–H groups in total. The minimum Gasteiger partial charge on any atom is -0.487 e. The molecule has 1 fully saturated rings. The van der Waals surface area contributed by atoms with Crippen molar-refractivity contribution in [2.24, 2.45) is 7.05 Å². The fourth-order valence-electron chi connectivity index (χ4n) is 2.25. The summed E-state index contributed by atoms with van der Waals surface area (Å²) in [6, 6.07) is 1.73. The van der Waals surface area contributed by atoms with Gasteiger partial charge in [-0.25, -0.2) is 4.68 Å². The van der Waals surface area contributed by atoms with Crippen LogP contribution < -0.4 is 4.74 Å². The van der Waals surface area contributed by atoms with E-state index in [0.717, 1.165) is 6.42 Å². The number of aryl methyl sites for hydroxylation is 1. The van der Waals surface area contributed by atoms with Gasteiger partial charge in [-0.2, -0.15) is 0 Å². The summed E-state index contributed by atoms with van der Waals surface area (Å²) in [6.07, 6.45) is 3.89. The number of ether oxygens (including phenoxy) is 1. The summed E-state index contributed by atoms with van der Waals surface area (Å²) in [7, 11) is 1.74. The second-order valence-electron chi connectivity index (χ2n) is 5.05. The molecule has 0 aromatic carbocycles. The number of aromatic nitrogens is 5. The summed E-state index contributed by atoms with van der Waals surface area (Å²) in [4.78, 5) is 18.0. The van der Waals surface area contributed by atoms with Crippen molar-refractivity contribution >= 4 is 29.3 Å². The molecule has 122 valence electrons. The van der Waals surface area contributed by atoms with Crippen LogP contribution in [-0.4, -0.2) is 60.9 Å². The van der Waals surface area contributed by atoms with Crippen LogP contribution in [-0.2, 0) is 11.8 Å². The first kappa shape index (κ1) is 16.0. The van der Waals surface area contributed by atoms with Gasteiger partial charge in [0.2, 0.25) is 11.1 Å². The molecule has 0 aliphatic carbocycles. The van der Waals surface area contributed by atoms with Crippen LogP contribution in [0, 0.1) is 0 Å². The Morgan fingerprint density at radius 2 is 2.43 bits per heavy atom. The molecule has 0 saturated carbocycles. The zero-order valence-electron chi connectivity index (χ0n) is 12.4. The van der Waals surface area contributed by atoms with Crippen LogP contribution in [0.5, 0.6) is 5.75 Å². The fourth-order valence-corrected chi connectivity index (χ4v) is 3.17. The van der Waals surface area contributed by atoms with Crippen LogP contribution in [0.1, 0.15) is 6.42 Å². The SMILES string of the molecule is Cn1nnnc1SCC(=O)N1CC[C@H](Oc2ccncc2Cl)C1. The van der Waals surface area contributed by atoms with E-state index in [2.05, 4.69) is 20.5 Å². The molecular weight excluding hydrogens is 340 g/mol. The average Bonchev–Trinajstić information content (AvgIpc) is 3.16. The minimum absolute atomic E-state index is 0.0462. The Bertz CT molecular complexity index is 697. The number of nitrogens with zero attached hydrogens (tertiary/aromatic N) is 6. The first-order valence-corrected chi connectivity index (χ1v) is 8.39. The van der Waals surface area contributed by atoms with Gasteiger partial charge in [0.15, 0.2) is 0 Å². The van der Waals surface area contributed by atoms with Gasteiger partial charge in [-0.1, -0.05) is 23.4 Å². The maximum absolute atomic E-state index is 12.3. The van der Waals surface area contributed by atoms with E-state index in [1.807, 2.05) is 0 Å². The summed E-state index contributed by atoms with van der Waals surface area (Å²) in [5.41, 5.74) is 0. The number of hydrogen-bond donors (Lipinski definition) is 0. The van der Waals surface area contributed by atoms with Gasteiger partial charge >= 0.3 is 0 Å². The third-order valence-electron chi connectivity index (χ3n) is 3.43. The number of pyridine rings is 1. The summed E-state index contributed by atoms with van der Waals surface area (Å²) < 4.78 is 7.39. The van der Waals surface area contributed by atoms with Crippen LogP contribution in [0.25, 0.3) is 0 Å². The highest BCUT2D eigenvalue weighted by molar-refractivity contribution is 7.99. The molecule has 1 saturated heterocycles. The molecule has 1 atom stereocenters. The summed E-state index contributed by atoms with van der Waals surface area (Å²) in [5.74, 6) is 0.946. The Labute approximate surface area is 142 Å². The molecular formula is C13H15ClN6O2S. The van der Waals surface area contributed by atoms with Gasteiger partial charge in [0.25, 0.3) is 0 Å². The number of carbonyl (C=O) groups is 1. The van der Waals surface area contributed by atoms with E-state index in [0.29, 0.717) is 34.8 Å². The lowest BCUT2D eigenvalue weighted by Crippen LogP contribution is -2.32. The van der Waals surface area contributed by atoms with Gasteiger partial charge in [0, 0.05) is 38.5 Å². The van der Waals surface area contributed by atoms with Gasteiger partial charge < -0.3 is 9.64 Å². The number of thioether (sulfide) groups is 1. The first-order valence-electron chi connectivity index (χ1n) is 7.02. The second kappa shape index (κ2) is 7.14. The fraction of sp³-hybridized carbons (Fsp3) is 0.462. The molecule has 8 nitrogen and oxygen atoms in total. The Hall–Kier alpha value is -1.87. The standard InChI is InChI=1S/C13H15ClN6O2S/c1-19-13(16-17-18-19)23-8-12(21)20-5-3-9(7-20)22-11-2-4-15-6-10(11)14/h2,4,6,9H,3,5,7-8H2,1H3/t9-/m0/s1. The van der Waals surface area contributed by atoms with Crippen LogP contribution >= 0.6 is 23.4 Å². The van der Waals surface area contributed by atoms with Crippen molar-refractivity contribution in [3.63, 3.8) is 0 Å². The van der Waals surface area contributed by atoms with E-state index in [1.165, 1.54) is 11.8 Å². The molecule has 3 heterocycles. The van der Waals surface area contributed by atoms with E-state index < -0.39 is 0 Å². The third-order valence-corrected chi connectivity index (χ3v) is 4.71. The number of tetrazole rings is 1. The van der Waals surface area contributed by atoms with Gasteiger partial charge in [0.1, 0.15) is 16.9 Å². The average molecular weight is 355 g/mol. The van der Waals surface area contributed by atoms with Crippen molar-refractivity contribution in [2.75, 3.05) is 18.8 Å². The quantitative estimate of drug-likeness (QED) is 0.741. The van der Waals surface area contributed by atoms with E-state index in [-0.39, 0.29) is 12.0 Å². The lowest BCUT2D eigenvalue weighted by atomic mass is 10.3. The van der Waals surface area contributed by atoms with E-state index in [9.17, 15) is 4.79 Å². The van der Waals surface area contributed by atoms with E-state index in [4.69, 9.17) is 16.3 Å². The van der Waals surface area contributed by atoms with Gasteiger partial charge in [-0.3, -0.25) is 9.78 Å². The molecule has 0 unspecified atom stereocenters. The number of rotatable bonds is 5. The lowest BCUT2D eigenvalue weighted by Gasteiger charge is -2.17. The van der Waals surface area contributed by atoms with E-state index >= 15 is 0 Å². The van der Waals surface area contributed by atoms with Crippen LogP contribution in [0.15, 0.2) is 23.6 Å². The minimum atomic E-state index is -0.0552. The van der Waals surface area contributed by atoms with Crippen molar-refractivity contribution in [3.8, 4) is 5.75 Å². The van der Waals surface area contributed by atoms with Crippen molar-refractivity contribution in [3.05, 3.63) is 23.5 Å². The first-order chi connectivity index (χ1) is 11.1. The molecule has 1 aliphatic rings. The molecule has 23 heavy (non-hydrogen) atoms. The summed E-state index contributed by atoms with van der Waals surface area (Å²) in [5, 5.41) is 12.2. The molecule has 10 heteroatoms. The van der Waals surface area contributed by atoms with Gasteiger partial charge in [-0.05, 0) is 10.4 Å². The Balaban J connectivity index is 1.50. The number of amides is 1. The Kier molecular flexibility index (Phi) is 4.97. The monoisotopic (exact) mass is 354 g/mol. The highest BCUT2D eigenvalue weighted by Crippen LogP contribution is 2.26. The molecule has 2 aromatic rings. The molecule has 0 bridgehead atoms. The predicted octanol–water partition coefficient (Wildman–Crippen LogP) is 1.03. The van der Waals surface area contributed by atoms with Crippen LogP contribution in [0.2, 0.25) is 5.02 Å². The molecule has 1 aliphatic heterocycles. The zero-order valence-corrected chi connectivity index (χ0v) is 14.0. The lowest BCUT2D eigenvalue weighted by molar-refractivity contribution is -0.127. The molecule has 0 spiro atoms. The number of halogens is 1. The van der Waals surface area contributed by atoms with Crippen molar-refractivity contribution in [1.82, 2.24) is 30.1 Å². The number of carbonyl (C=O) groups excluding carboxylic acids is 1. The number of likely N-dealkylation sites (tertiary alicyclic amines) is 1. The number of hydrogen-bond acceptors (Lipinski definition) is 7. The van der Waals surface area contributed by atoms with Crippen molar-refractivity contribution < 1.29 is 9.53 Å². The molecule has 2 aromatic heterocycles. The van der Waals surface area contributed by atoms with Crippen molar-refractivity contribution in [1.29, 1.82) is 0 Å². The highest BCUT2D eigenvalue weighted by Gasteiger charge is 2.28. The Morgan fingerprint density at radius 1 is 1.57 bits per heavy atom. The van der Waals surface area contributed by atoms with Crippen molar-refractivity contribution in [2.45, 2.75) is 17.7 Å². The largest absolute Gasteiger partial charge is 0.487 e. The van der Waals surface area contributed by atoms with Gasteiger partial charge in [-0.15, -0.1) is 5.10 Å². The smallest absolute Gasteiger partial charge is 0.233 e. The predicted molar refractivity (Wildman–Crippen MR) is 84.4 cm³/mol. The summed E-state index contributed by atoms with van der Waals surface area (Å²) >= 11 is 7.35. The third kappa shape index (κ3) is 3.91. The normalized spacial score (nSPS) is 17.5. The van der Waals surface area contributed by atoms with Crippen LogP contribution in [0.3, 0.4) is 0 Å². The Morgan fingerprint density at radius 3 is 3.17 bits per heavy atom. The topological polar surface area (TPSA) is 86.0 Å². The molecule has 0 radical (unpaired) electrons. The van der Waals surface area contributed by atoms with Crippen LogP contribution in [0.4, 0.5) is 0 Å². The highest BCUT2D eigenvalue weighted by atomic mass is 35.5. The maximum atomic E-state index is 12.3. The van der Waals surface area contributed by atoms with E-state index in [1.54, 1.807) is 35.1 Å².